The van der Waals surface area contributed by atoms with Gasteiger partial charge in [-0.2, -0.15) is 0 Å². The largest absolute Gasteiger partial charge is 0.462 e. The fourth-order valence-corrected chi connectivity index (χ4v) is 5.23. The molecule has 0 heterocycles. The fraction of sp³-hybridized carbons (Fsp3) is 0.892. The smallest absolute Gasteiger partial charge is 0.306 e. The van der Waals surface area contributed by atoms with Crippen LogP contribution in [-0.4, -0.2) is 24.6 Å². The zero-order chi connectivity index (χ0) is 30.1. The predicted octanol–water partition coefficient (Wildman–Crippen LogP) is 12.0. The molecule has 0 N–H and O–H groups in total. The lowest BCUT2D eigenvalue weighted by Crippen LogP contribution is -2.22. The number of hydrogen-bond donors (Lipinski definition) is 0. The van der Waals surface area contributed by atoms with E-state index < -0.39 is 0 Å². The maximum absolute atomic E-state index is 12.1. The van der Waals surface area contributed by atoms with Gasteiger partial charge in [0.15, 0.2) is 0 Å². The predicted molar refractivity (Wildman–Crippen MR) is 176 cm³/mol. The first kappa shape index (κ1) is 39.7. The summed E-state index contributed by atoms with van der Waals surface area (Å²) in [7, 11) is 0. The van der Waals surface area contributed by atoms with Crippen LogP contribution < -0.4 is 0 Å². The van der Waals surface area contributed by atoms with E-state index in [0.29, 0.717) is 12.8 Å². The third-order valence-corrected chi connectivity index (χ3v) is 7.94. The van der Waals surface area contributed by atoms with Crippen LogP contribution in [0.5, 0.6) is 0 Å². The molecule has 0 amide bonds. The van der Waals surface area contributed by atoms with E-state index in [-0.39, 0.29) is 24.6 Å². The molecule has 0 aromatic rings. The van der Waals surface area contributed by atoms with E-state index in [9.17, 15) is 9.59 Å². The maximum Gasteiger partial charge on any atom is 0.306 e. The molecule has 4 heteroatoms. The van der Waals surface area contributed by atoms with E-state index in [1.807, 2.05) is 0 Å². The Kier molecular flexibility index (Phi) is 32.1. The van der Waals surface area contributed by atoms with Gasteiger partial charge < -0.3 is 9.47 Å². The average molecular weight is 579 g/mol. The summed E-state index contributed by atoms with van der Waals surface area (Å²) < 4.78 is 10.7. The SMILES string of the molecule is CCCCCCCC/C=C/CCCCCCCC(=O)OC(C)COC(=O)CCCCCCCCCCCCCCC. The Morgan fingerprint density at radius 2 is 0.829 bits per heavy atom. The number of carbonyl (C=O) groups excluding carboxylic acids is 2. The molecule has 1 unspecified atom stereocenters. The maximum atomic E-state index is 12.1. The van der Waals surface area contributed by atoms with Gasteiger partial charge in [-0.15, -0.1) is 0 Å². The lowest BCUT2D eigenvalue weighted by atomic mass is 10.0. The van der Waals surface area contributed by atoms with E-state index >= 15 is 0 Å². The van der Waals surface area contributed by atoms with Crippen molar-refractivity contribution in [2.75, 3.05) is 6.61 Å². The van der Waals surface area contributed by atoms with Gasteiger partial charge in [0.25, 0.3) is 0 Å². The number of ether oxygens (including phenoxy) is 2. The molecule has 242 valence electrons. The molecule has 0 bridgehead atoms. The van der Waals surface area contributed by atoms with Gasteiger partial charge in [-0.05, 0) is 45.4 Å². The van der Waals surface area contributed by atoms with Gasteiger partial charge in [-0.25, -0.2) is 0 Å². The van der Waals surface area contributed by atoms with Crippen molar-refractivity contribution >= 4 is 11.9 Å². The van der Waals surface area contributed by atoms with Crippen LogP contribution in [0.4, 0.5) is 0 Å². The molecule has 0 aliphatic rings. The van der Waals surface area contributed by atoms with Gasteiger partial charge >= 0.3 is 11.9 Å². The Balaban J connectivity index is 3.44. The van der Waals surface area contributed by atoms with Crippen LogP contribution in [0, 0.1) is 0 Å². The Morgan fingerprint density at radius 3 is 1.24 bits per heavy atom. The Morgan fingerprint density at radius 1 is 0.488 bits per heavy atom. The molecule has 0 aromatic carbocycles. The van der Waals surface area contributed by atoms with Gasteiger partial charge in [0.05, 0.1) is 0 Å². The number of allylic oxidation sites excluding steroid dienone is 2. The molecular weight excluding hydrogens is 508 g/mol. The molecule has 0 aliphatic heterocycles. The van der Waals surface area contributed by atoms with Crippen molar-refractivity contribution in [3.63, 3.8) is 0 Å². The highest BCUT2D eigenvalue weighted by Crippen LogP contribution is 2.14. The summed E-state index contributed by atoms with van der Waals surface area (Å²) in [5, 5.41) is 0. The monoisotopic (exact) mass is 579 g/mol. The van der Waals surface area contributed by atoms with Gasteiger partial charge in [0, 0.05) is 12.8 Å². The minimum atomic E-state index is -0.374. The van der Waals surface area contributed by atoms with Crippen LogP contribution in [0.15, 0.2) is 12.2 Å². The summed E-state index contributed by atoms with van der Waals surface area (Å²) in [6.07, 6.45) is 38.2. The van der Waals surface area contributed by atoms with Gasteiger partial charge in [-0.3, -0.25) is 9.59 Å². The standard InChI is InChI=1S/C37H70O4/c1-4-6-8-10-12-14-16-18-19-21-23-25-27-29-31-33-37(39)41-35(3)34-40-36(38)32-30-28-26-24-22-20-17-15-13-11-9-7-5-2/h18-19,35H,4-17,20-34H2,1-3H3/b19-18+. The summed E-state index contributed by atoms with van der Waals surface area (Å²) in [6.45, 7) is 6.50. The second-order valence-electron chi connectivity index (χ2n) is 12.3. The second kappa shape index (κ2) is 33.2. The summed E-state index contributed by atoms with van der Waals surface area (Å²) in [6, 6.07) is 0. The highest BCUT2D eigenvalue weighted by molar-refractivity contribution is 5.70. The van der Waals surface area contributed by atoms with E-state index in [2.05, 4.69) is 26.0 Å². The van der Waals surface area contributed by atoms with E-state index in [1.54, 1.807) is 6.92 Å². The third-order valence-electron chi connectivity index (χ3n) is 7.94. The minimum Gasteiger partial charge on any atom is -0.462 e. The number of hydrogen-bond acceptors (Lipinski definition) is 4. The molecule has 0 spiro atoms. The van der Waals surface area contributed by atoms with Crippen LogP contribution in [0.3, 0.4) is 0 Å². The van der Waals surface area contributed by atoms with Gasteiger partial charge in [-0.1, -0.05) is 154 Å². The number of esters is 2. The molecule has 0 rings (SSSR count). The first-order valence-electron chi connectivity index (χ1n) is 18.1. The van der Waals surface area contributed by atoms with Crippen LogP contribution >= 0.6 is 0 Å². The molecule has 0 radical (unpaired) electrons. The lowest BCUT2D eigenvalue weighted by Gasteiger charge is -2.13. The molecule has 4 nitrogen and oxygen atoms in total. The highest BCUT2D eigenvalue weighted by atomic mass is 16.6. The Hall–Kier alpha value is -1.32. The van der Waals surface area contributed by atoms with E-state index in [0.717, 1.165) is 25.7 Å². The highest BCUT2D eigenvalue weighted by Gasteiger charge is 2.12. The van der Waals surface area contributed by atoms with Crippen molar-refractivity contribution in [3.05, 3.63) is 12.2 Å². The molecular formula is C37H70O4. The van der Waals surface area contributed by atoms with Crippen molar-refractivity contribution in [1.29, 1.82) is 0 Å². The normalized spacial score (nSPS) is 12.2. The molecule has 0 aromatic heterocycles. The minimum absolute atomic E-state index is 0.162. The summed E-state index contributed by atoms with van der Waals surface area (Å²) in [5.41, 5.74) is 0. The van der Waals surface area contributed by atoms with Crippen molar-refractivity contribution in [1.82, 2.24) is 0 Å². The summed E-state index contributed by atoms with van der Waals surface area (Å²) in [5.74, 6) is -0.351. The zero-order valence-electron chi connectivity index (χ0n) is 27.9. The molecule has 1 atom stereocenters. The van der Waals surface area contributed by atoms with Crippen molar-refractivity contribution in [2.24, 2.45) is 0 Å². The summed E-state index contributed by atoms with van der Waals surface area (Å²) in [4.78, 5) is 24.1. The fourth-order valence-electron chi connectivity index (χ4n) is 5.23. The van der Waals surface area contributed by atoms with Crippen molar-refractivity contribution in [2.45, 2.75) is 207 Å². The van der Waals surface area contributed by atoms with Gasteiger partial charge in [0.1, 0.15) is 12.7 Å². The number of carbonyl (C=O) groups is 2. The first-order chi connectivity index (χ1) is 20.1. The molecule has 0 aliphatic carbocycles. The number of rotatable bonds is 32. The Bertz CT molecular complexity index is 585. The topological polar surface area (TPSA) is 52.6 Å². The van der Waals surface area contributed by atoms with Gasteiger partial charge in [0.2, 0.25) is 0 Å². The van der Waals surface area contributed by atoms with Crippen LogP contribution in [0.2, 0.25) is 0 Å². The molecule has 0 saturated heterocycles. The van der Waals surface area contributed by atoms with Crippen LogP contribution in [-0.2, 0) is 19.1 Å². The molecule has 0 saturated carbocycles. The molecule has 41 heavy (non-hydrogen) atoms. The number of unbranched alkanes of at least 4 members (excludes halogenated alkanes) is 23. The lowest BCUT2D eigenvalue weighted by molar-refractivity contribution is -0.158. The third kappa shape index (κ3) is 33.1. The first-order valence-corrected chi connectivity index (χ1v) is 18.1. The molecule has 0 fully saturated rings. The van der Waals surface area contributed by atoms with Crippen LogP contribution in [0.25, 0.3) is 0 Å². The Labute approximate surface area is 256 Å². The van der Waals surface area contributed by atoms with E-state index in [4.69, 9.17) is 9.47 Å². The van der Waals surface area contributed by atoms with Crippen molar-refractivity contribution in [3.8, 4) is 0 Å². The van der Waals surface area contributed by atoms with Crippen molar-refractivity contribution < 1.29 is 19.1 Å². The zero-order valence-corrected chi connectivity index (χ0v) is 27.9. The average Bonchev–Trinajstić information content (AvgIpc) is 2.96. The quantitative estimate of drug-likeness (QED) is 0.0452. The van der Waals surface area contributed by atoms with Crippen LogP contribution in [0.1, 0.15) is 201 Å². The summed E-state index contributed by atoms with van der Waals surface area (Å²) >= 11 is 0. The van der Waals surface area contributed by atoms with E-state index in [1.165, 1.54) is 141 Å². The second-order valence-corrected chi connectivity index (χ2v) is 12.3.